The Morgan fingerprint density at radius 3 is 2.59 bits per heavy atom. The summed E-state index contributed by atoms with van der Waals surface area (Å²) in [6.07, 6.45) is 0. The van der Waals surface area contributed by atoms with Gasteiger partial charge in [-0.15, -0.1) is 5.10 Å². The number of nitrogens with zero attached hydrogens (tertiary/aromatic N) is 3. The summed E-state index contributed by atoms with van der Waals surface area (Å²) < 4.78 is 16.0. The molecule has 0 bridgehead atoms. The van der Waals surface area contributed by atoms with Crippen LogP contribution in [-0.2, 0) is 4.79 Å². The van der Waals surface area contributed by atoms with Gasteiger partial charge in [-0.2, -0.15) is 4.98 Å². The van der Waals surface area contributed by atoms with Gasteiger partial charge in [-0.3, -0.25) is 4.79 Å². The number of primary amides is 1. The van der Waals surface area contributed by atoms with Gasteiger partial charge >= 0.3 is 0 Å². The number of carbonyl (C=O) groups excluding carboxylic acids is 1. The normalized spacial score (nSPS) is 16.0. The van der Waals surface area contributed by atoms with E-state index in [1.165, 1.54) is 22.9 Å². The quantitative estimate of drug-likeness (QED) is 0.661. The predicted molar refractivity (Wildman–Crippen MR) is 97.2 cm³/mol. The molecule has 4 rings (SSSR count). The van der Waals surface area contributed by atoms with Crippen LogP contribution in [0.1, 0.15) is 18.5 Å². The molecule has 136 valence electrons. The number of aromatic hydroxyl groups is 1. The van der Waals surface area contributed by atoms with Crippen LogP contribution in [0.3, 0.4) is 0 Å². The fraction of sp³-hybridized carbons (Fsp3) is 0.105. The second-order valence-electron chi connectivity index (χ2n) is 6.20. The fourth-order valence-corrected chi connectivity index (χ4v) is 3.19. The van der Waals surface area contributed by atoms with Gasteiger partial charge in [-0.25, -0.2) is 9.07 Å². The number of nitrogens with two attached hydrogens (primary N) is 1. The van der Waals surface area contributed by atoms with E-state index in [-0.39, 0.29) is 16.9 Å². The van der Waals surface area contributed by atoms with Crippen LogP contribution in [0, 0.1) is 5.82 Å². The molecule has 0 aliphatic carbocycles. The average molecular weight is 365 g/mol. The third-order valence-electron chi connectivity index (χ3n) is 4.44. The first kappa shape index (κ1) is 16.8. The van der Waals surface area contributed by atoms with Crippen molar-refractivity contribution in [2.45, 2.75) is 13.0 Å². The van der Waals surface area contributed by atoms with E-state index in [1.807, 2.05) is 0 Å². The summed E-state index contributed by atoms with van der Waals surface area (Å²) in [4.78, 5) is 16.5. The Morgan fingerprint density at radius 1 is 1.22 bits per heavy atom. The summed E-state index contributed by atoms with van der Waals surface area (Å²) in [6.45, 7) is 1.69. The molecule has 0 fully saturated rings. The van der Waals surface area contributed by atoms with Crippen LogP contribution in [0.2, 0.25) is 0 Å². The van der Waals surface area contributed by atoms with Crippen molar-refractivity contribution in [1.82, 2.24) is 14.8 Å². The van der Waals surface area contributed by atoms with Gasteiger partial charge in [0.25, 0.3) is 0 Å². The third-order valence-corrected chi connectivity index (χ3v) is 4.44. The molecule has 0 saturated carbocycles. The number of carbonyl (C=O) groups is 1. The molecule has 0 radical (unpaired) electrons. The lowest BCUT2D eigenvalue weighted by Crippen LogP contribution is -2.32. The van der Waals surface area contributed by atoms with Gasteiger partial charge in [0.1, 0.15) is 17.6 Å². The van der Waals surface area contributed by atoms with Crippen LogP contribution in [0.25, 0.3) is 11.4 Å². The molecular formula is C19H16FN5O2. The summed E-state index contributed by atoms with van der Waals surface area (Å²) in [5.41, 5.74) is 7.23. The number of hydrogen-bond donors (Lipinski definition) is 3. The number of hydrogen-bond acceptors (Lipinski definition) is 5. The number of rotatable bonds is 3. The smallest absolute Gasteiger partial charge is 0.248 e. The highest BCUT2D eigenvalue weighted by Crippen LogP contribution is 2.37. The fourth-order valence-electron chi connectivity index (χ4n) is 3.19. The second-order valence-corrected chi connectivity index (χ2v) is 6.20. The molecule has 27 heavy (non-hydrogen) atoms. The number of halogens is 1. The van der Waals surface area contributed by atoms with E-state index in [9.17, 15) is 14.3 Å². The first-order valence-corrected chi connectivity index (χ1v) is 8.23. The number of amides is 1. The Kier molecular flexibility index (Phi) is 3.88. The molecule has 0 saturated heterocycles. The molecule has 8 heteroatoms. The number of aromatic nitrogens is 3. The second kappa shape index (κ2) is 6.24. The molecular weight excluding hydrogens is 349 g/mol. The predicted octanol–water partition coefficient (Wildman–Crippen LogP) is 2.56. The molecule has 1 aromatic heterocycles. The van der Waals surface area contributed by atoms with Crippen LogP contribution in [0.15, 0.2) is 59.8 Å². The van der Waals surface area contributed by atoms with Crippen molar-refractivity contribution in [3.63, 3.8) is 0 Å². The standard InChI is InChI=1S/C19H16FN5O2/c1-10-15(17(21)27)16(13-4-2-3-5-14(13)20)25-19(22-10)23-18(24-25)11-6-8-12(26)9-7-11/h2-9,16,26H,1H3,(H2,21,27)(H,22,23,24). The minimum Gasteiger partial charge on any atom is -0.508 e. The van der Waals surface area contributed by atoms with Gasteiger partial charge < -0.3 is 16.2 Å². The topological polar surface area (TPSA) is 106 Å². The monoisotopic (exact) mass is 365 g/mol. The number of benzene rings is 2. The molecule has 1 aliphatic rings. The molecule has 7 nitrogen and oxygen atoms in total. The lowest BCUT2D eigenvalue weighted by molar-refractivity contribution is -0.115. The third kappa shape index (κ3) is 2.80. The first-order chi connectivity index (χ1) is 13.0. The minimum absolute atomic E-state index is 0.124. The lowest BCUT2D eigenvalue weighted by atomic mass is 9.95. The van der Waals surface area contributed by atoms with Crippen molar-refractivity contribution in [1.29, 1.82) is 0 Å². The van der Waals surface area contributed by atoms with Crippen molar-refractivity contribution >= 4 is 11.9 Å². The minimum atomic E-state index is -0.835. The van der Waals surface area contributed by atoms with Gasteiger partial charge in [-0.1, -0.05) is 18.2 Å². The van der Waals surface area contributed by atoms with E-state index in [4.69, 9.17) is 5.73 Å². The van der Waals surface area contributed by atoms with E-state index >= 15 is 0 Å². The highest BCUT2D eigenvalue weighted by atomic mass is 19.1. The zero-order valence-corrected chi connectivity index (χ0v) is 14.3. The molecule has 0 spiro atoms. The zero-order chi connectivity index (χ0) is 19.1. The largest absolute Gasteiger partial charge is 0.508 e. The summed E-state index contributed by atoms with van der Waals surface area (Å²) >= 11 is 0. The number of allylic oxidation sites excluding steroid dienone is 1. The number of phenols is 1. The van der Waals surface area contributed by atoms with Gasteiger partial charge in [-0.05, 0) is 37.3 Å². The van der Waals surface area contributed by atoms with E-state index < -0.39 is 17.8 Å². The molecule has 1 aliphatic heterocycles. The van der Waals surface area contributed by atoms with E-state index in [0.29, 0.717) is 23.0 Å². The number of nitrogens with one attached hydrogen (secondary N) is 1. The molecule has 2 aromatic carbocycles. The first-order valence-electron chi connectivity index (χ1n) is 8.23. The van der Waals surface area contributed by atoms with Gasteiger partial charge in [0, 0.05) is 16.8 Å². The van der Waals surface area contributed by atoms with Crippen molar-refractivity contribution < 1.29 is 14.3 Å². The van der Waals surface area contributed by atoms with Crippen LogP contribution < -0.4 is 11.1 Å². The number of fused-ring (bicyclic) bond motifs is 1. The Hall–Kier alpha value is -3.68. The van der Waals surface area contributed by atoms with Crippen LogP contribution >= 0.6 is 0 Å². The van der Waals surface area contributed by atoms with E-state index in [0.717, 1.165) is 0 Å². The van der Waals surface area contributed by atoms with Crippen LogP contribution in [0.4, 0.5) is 10.3 Å². The Morgan fingerprint density at radius 2 is 1.93 bits per heavy atom. The Bertz CT molecular complexity index is 1070. The highest BCUT2D eigenvalue weighted by Gasteiger charge is 2.34. The molecule has 2 heterocycles. The van der Waals surface area contributed by atoms with E-state index in [2.05, 4.69) is 15.4 Å². The summed E-state index contributed by atoms with van der Waals surface area (Å²) in [7, 11) is 0. The van der Waals surface area contributed by atoms with Crippen molar-refractivity contribution in [2.75, 3.05) is 5.32 Å². The average Bonchev–Trinajstić information content (AvgIpc) is 3.05. The molecule has 4 N–H and O–H groups in total. The Balaban J connectivity index is 1.90. The Labute approximate surface area is 154 Å². The lowest BCUT2D eigenvalue weighted by Gasteiger charge is -2.27. The summed E-state index contributed by atoms with van der Waals surface area (Å²) in [5, 5.41) is 16.9. The molecule has 3 aromatic rings. The van der Waals surface area contributed by atoms with E-state index in [1.54, 1.807) is 37.3 Å². The highest BCUT2D eigenvalue weighted by molar-refractivity contribution is 5.95. The SMILES string of the molecule is CC1=C(C(N)=O)C(c2ccccc2F)n2nc(-c3ccc(O)cc3)nc2N1. The van der Waals surface area contributed by atoms with Gasteiger partial charge in [0.05, 0.1) is 5.57 Å². The van der Waals surface area contributed by atoms with Crippen molar-refractivity contribution in [3.05, 3.63) is 71.2 Å². The zero-order valence-electron chi connectivity index (χ0n) is 14.3. The maximum absolute atomic E-state index is 14.5. The van der Waals surface area contributed by atoms with Crippen molar-refractivity contribution in [2.24, 2.45) is 5.73 Å². The van der Waals surface area contributed by atoms with Crippen LogP contribution in [0.5, 0.6) is 5.75 Å². The maximum Gasteiger partial charge on any atom is 0.248 e. The van der Waals surface area contributed by atoms with Gasteiger partial charge in [0.15, 0.2) is 5.82 Å². The van der Waals surface area contributed by atoms with Gasteiger partial charge in [0.2, 0.25) is 11.9 Å². The molecule has 1 unspecified atom stereocenters. The molecule has 1 atom stereocenters. The van der Waals surface area contributed by atoms with Crippen LogP contribution in [-0.4, -0.2) is 25.8 Å². The molecule has 1 amide bonds. The van der Waals surface area contributed by atoms with Crippen molar-refractivity contribution in [3.8, 4) is 17.1 Å². The number of anilines is 1. The maximum atomic E-state index is 14.5. The summed E-state index contributed by atoms with van der Waals surface area (Å²) in [6, 6.07) is 11.7. The summed E-state index contributed by atoms with van der Waals surface area (Å²) in [5.74, 6) is -0.269. The number of phenolic OH excluding ortho intramolecular Hbond substituents is 1.